The number of nitrogens with zero attached hydrogens (tertiary/aromatic N) is 3. The molecule has 3 aromatic rings. The van der Waals surface area contributed by atoms with E-state index in [2.05, 4.69) is 9.88 Å². The van der Waals surface area contributed by atoms with Crippen LogP contribution in [-0.2, 0) is 0 Å². The van der Waals surface area contributed by atoms with Gasteiger partial charge in [0.1, 0.15) is 0 Å². The minimum absolute atomic E-state index is 0. The zero-order valence-electron chi connectivity index (χ0n) is 14.4. The van der Waals surface area contributed by atoms with Crippen molar-refractivity contribution in [2.75, 3.05) is 32.1 Å². The molecule has 0 radical (unpaired) electrons. The number of hydrogen-bond acceptors (Lipinski definition) is 4. The molecule has 0 aliphatic rings. The minimum Gasteiger partial charge on any atom is -0.309 e. The number of benzene rings is 2. The molecule has 0 atom stereocenters. The number of aromatic nitrogens is 1. The van der Waals surface area contributed by atoms with Crippen molar-refractivity contribution in [2.24, 2.45) is 0 Å². The summed E-state index contributed by atoms with van der Waals surface area (Å²) in [4.78, 5) is 21.6. The predicted molar refractivity (Wildman–Crippen MR) is 108 cm³/mol. The quantitative estimate of drug-likeness (QED) is 0.643. The fourth-order valence-corrected chi connectivity index (χ4v) is 3.53. The van der Waals surface area contributed by atoms with Crippen molar-refractivity contribution in [3.8, 4) is 0 Å². The average molecular weight is 376 g/mol. The molecule has 0 aliphatic heterocycles. The van der Waals surface area contributed by atoms with Gasteiger partial charge < -0.3 is 4.90 Å². The van der Waals surface area contributed by atoms with Crippen LogP contribution in [0, 0.1) is 0 Å². The third-order valence-electron chi connectivity index (χ3n) is 3.77. The van der Waals surface area contributed by atoms with Crippen molar-refractivity contribution >= 4 is 45.0 Å². The highest BCUT2D eigenvalue weighted by Gasteiger charge is 2.20. The van der Waals surface area contributed by atoms with Crippen LogP contribution in [0.15, 0.2) is 54.6 Å². The molecule has 6 heteroatoms. The Kier molecular flexibility index (Phi) is 6.93. The summed E-state index contributed by atoms with van der Waals surface area (Å²) in [5, 5.41) is 0.767. The SMILES string of the molecule is CN(C)CCCN(C(=O)c1ccccc1)c1nc2ccccc2s1.Cl. The van der Waals surface area contributed by atoms with E-state index in [1.54, 1.807) is 11.3 Å². The Labute approximate surface area is 158 Å². The summed E-state index contributed by atoms with van der Waals surface area (Å²) in [5.74, 6) is 0.00779. The van der Waals surface area contributed by atoms with Gasteiger partial charge in [-0.2, -0.15) is 0 Å². The molecule has 3 rings (SSSR count). The highest BCUT2D eigenvalue weighted by atomic mass is 35.5. The largest absolute Gasteiger partial charge is 0.309 e. The lowest BCUT2D eigenvalue weighted by Gasteiger charge is -2.21. The Morgan fingerprint density at radius 3 is 2.36 bits per heavy atom. The number of hydrogen-bond donors (Lipinski definition) is 0. The number of carbonyl (C=O) groups excluding carboxylic acids is 1. The molecule has 0 saturated heterocycles. The van der Waals surface area contributed by atoms with Gasteiger partial charge in [-0.25, -0.2) is 4.98 Å². The average Bonchev–Trinajstić information content (AvgIpc) is 3.02. The van der Waals surface area contributed by atoms with E-state index in [1.165, 1.54) is 0 Å². The van der Waals surface area contributed by atoms with Gasteiger partial charge in [-0.15, -0.1) is 12.4 Å². The van der Waals surface area contributed by atoms with Crippen LogP contribution in [0.25, 0.3) is 10.2 Å². The molecule has 0 aliphatic carbocycles. The highest BCUT2D eigenvalue weighted by molar-refractivity contribution is 7.22. The number of anilines is 1. The van der Waals surface area contributed by atoms with E-state index in [9.17, 15) is 4.79 Å². The Morgan fingerprint density at radius 2 is 1.68 bits per heavy atom. The Hall–Kier alpha value is -1.95. The van der Waals surface area contributed by atoms with Crippen LogP contribution in [0.5, 0.6) is 0 Å². The lowest BCUT2D eigenvalue weighted by atomic mass is 10.2. The van der Waals surface area contributed by atoms with E-state index in [0.717, 1.165) is 28.3 Å². The van der Waals surface area contributed by atoms with E-state index in [1.807, 2.05) is 73.6 Å². The second-order valence-corrected chi connectivity index (χ2v) is 6.95. The number of halogens is 1. The molecule has 0 bridgehead atoms. The van der Waals surface area contributed by atoms with Gasteiger partial charge in [0.25, 0.3) is 5.91 Å². The normalized spacial score (nSPS) is 10.7. The third-order valence-corrected chi connectivity index (χ3v) is 4.83. The zero-order chi connectivity index (χ0) is 16.9. The molecule has 0 unspecified atom stereocenters. The number of carbonyl (C=O) groups is 1. The van der Waals surface area contributed by atoms with Gasteiger partial charge in [0, 0.05) is 12.1 Å². The molecule has 0 saturated carbocycles. The lowest BCUT2D eigenvalue weighted by Crippen LogP contribution is -2.33. The van der Waals surface area contributed by atoms with Gasteiger partial charge in [-0.05, 0) is 51.3 Å². The fraction of sp³-hybridized carbons (Fsp3) is 0.263. The first-order valence-corrected chi connectivity index (χ1v) is 8.84. The van der Waals surface area contributed by atoms with Crippen LogP contribution in [0.3, 0.4) is 0 Å². The summed E-state index contributed by atoms with van der Waals surface area (Å²) in [6.45, 7) is 1.59. The second kappa shape index (κ2) is 8.94. The maximum Gasteiger partial charge on any atom is 0.260 e. The number of para-hydroxylation sites is 1. The molecule has 0 fully saturated rings. The standard InChI is InChI=1S/C19H21N3OS.ClH/c1-21(2)13-8-14-22(18(23)15-9-4-3-5-10-15)19-20-16-11-6-7-12-17(16)24-19;/h3-7,9-12H,8,13-14H2,1-2H3;1H. The summed E-state index contributed by atoms with van der Waals surface area (Å²) in [6, 6.07) is 17.4. The Bertz CT molecular complexity index is 787. The molecule has 0 spiro atoms. The summed E-state index contributed by atoms with van der Waals surface area (Å²) in [7, 11) is 4.09. The van der Waals surface area contributed by atoms with Crippen molar-refractivity contribution in [1.82, 2.24) is 9.88 Å². The topological polar surface area (TPSA) is 36.4 Å². The van der Waals surface area contributed by atoms with Gasteiger partial charge in [0.2, 0.25) is 0 Å². The van der Waals surface area contributed by atoms with Crippen molar-refractivity contribution in [3.63, 3.8) is 0 Å². The van der Waals surface area contributed by atoms with Gasteiger partial charge >= 0.3 is 0 Å². The summed E-state index contributed by atoms with van der Waals surface area (Å²) in [5.41, 5.74) is 1.64. The van der Waals surface area contributed by atoms with Gasteiger partial charge in [0.05, 0.1) is 10.2 Å². The van der Waals surface area contributed by atoms with Crippen LogP contribution in [0.4, 0.5) is 5.13 Å². The molecular formula is C19H22ClN3OS. The van der Waals surface area contributed by atoms with E-state index in [-0.39, 0.29) is 18.3 Å². The van der Waals surface area contributed by atoms with E-state index in [4.69, 9.17) is 0 Å². The monoisotopic (exact) mass is 375 g/mol. The van der Waals surface area contributed by atoms with Gasteiger partial charge in [0.15, 0.2) is 5.13 Å². The summed E-state index contributed by atoms with van der Waals surface area (Å²) < 4.78 is 1.10. The van der Waals surface area contributed by atoms with Crippen LogP contribution in [0.1, 0.15) is 16.8 Å². The van der Waals surface area contributed by atoms with E-state index < -0.39 is 0 Å². The zero-order valence-corrected chi connectivity index (χ0v) is 16.0. The predicted octanol–water partition coefficient (Wildman–Crippen LogP) is 4.32. The molecule has 1 heterocycles. The smallest absolute Gasteiger partial charge is 0.260 e. The second-order valence-electron chi connectivity index (χ2n) is 5.94. The molecular weight excluding hydrogens is 354 g/mol. The fourth-order valence-electron chi connectivity index (χ4n) is 2.54. The lowest BCUT2D eigenvalue weighted by molar-refractivity contribution is 0.0986. The van der Waals surface area contributed by atoms with Crippen molar-refractivity contribution in [2.45, 2.75) is 6.42 Å². The van der Waals surface area contributed by atoms with Gasteiger partial charge in [-0.3, -0.25) is 9.69 Å². The van der Waals surface area contributed by atoms with Crippen LogP contribution in [-0.4, -0.2) is 43.0 Å². The molecule has 4 nitrogen and oxygen atoms in total. The molecule has 25 heavy (non-hydrogen) atoms. The Morgan fingerprint density at radius 1 is 1.00 bits per heavy atom. The first-order chi connectivity index (χ1) is 11.6. The van der Waals surface area contributed by atoms with E-state index in [0.29, 0.717) is 12.1 Å². The third kappa shape index (κ3) is 4.78. The molecule has 0 N–H and O–H groups in total. The van der Waals surface area contributed by atoms with E-state index >= 15 is 0 Å². The van der Waals surface area contributed by atoms with Crippen molar-refractivity contribution < 1.29 is 4.79 Å². The number of thiazole rings is 1. The highest BCUT2D eigenvalue weighted by Crippen LogP contribution is 2.29. The summed E-state index contributed by atoms with van der Waals surface area (Å²) >= 11 is 1.57. The number of amides is 1. The van der Waals surface area contributed by atoms with Crippen molar-refractivity contribution in [3.05, 3.63) is 60.2 Å². The molecule has 1 amide bonds. The molecule has 1 aromatic heterocycles. The minimum atomic E-state index is 0. The molecule has 2 aromatic carbocycles. The van der Waals surface area contributed by atoms with Crippen LogP contribution < -0.4 is 4.90 Å². The first-order valence-electron chi connectivity index (χ1n) is 8.02. The Balaban J connectivity index is 0.00000225. The summed E-state index contributed by atoms with van der Waals surface area (Å²) in [6.07, 6.45) is 0.904. The van der Waals surface area contributed by atoms with Gasteiger partial charge in [-0.1, -0.05) is 41.7 Å². The first kappa shape index (κ1) is 19.4. The van der Waals surface area contributed by atoms with Crippen LogP contribution >= 0.6 is 23.7 Å². The van der Waals surface area contributed by atoms with Crippen molar-refractivity contribution in [1.29, 1.82) is 0 Å². The number of fused-ring (bicyclic) bond motifs is 1. The molecule has 132 valence electrons. The number of rotatable bonds is 6. The maximum atomic E-state index is 13.0. The maximum absolute atomic E-state index is 13.0. The van der Waals surface area contributed by atoms with Crippen LogP contribution in [0.2, 0.25) is 0 Å².